The third-order valence-electron chi connectivity index (χ3n) is 5.17. The highest BCUT2D eigenvalue weighted by atomic mass is 32.2. The van der Waals surface area contributed by atoms with Gasteiger partial charge in [-0.2, -0.15) is 0 Å². The molecule has 1 amide bonds. The summed E-state index contributed by atoms with van der Waals surface area (Å²) in [5.74, 6) is 0. The van der Waals surface area contributed by atoms with E-state index in [-0.39, 0.29) is 17.9 Å². The number of allylic oxidation sites excluding steroid dienone is 2. The van der Waals surface area contributed by atoms with Gasteiger partial charge in [0.05, 0.1) is 4.90 Å². The van der Waals surface area contributed by atoms with Gasteiger partial charge in [0.15, 0.2) is 9.84 Å². The molecule has 0 fully saturated rings. The first-order valence-corrected chi connectivity index (χ1v) is 13.0. The standard InChI is InChI=1S/C26H35NO4S/c1-2-3-4-5-6-7-8-9-16-21-25(32(29,30)24-19-14-11-15-20-24)27-26(28)31-22-23-17-12-10-13-18-23/h8-15,17-20,25H,2-7,16,21-22H2,1H3,(H,27,28)/b9-8+. The highest BCUT2D eigenvalue weighted by molar-refractivity contribution is 7.92. The van der Waals surface area contributed by atoms with Crippen LogP contribution in [0.25, 0.3) is 0 Å². The average molecular weight is 458 g/mol. The smallest absolute Gasteiger partial charge is 0.408 e. The molecule has 0 bridgehead atoms. The first kappa shape index (κ1) is 25.7. The van der Waals surface area contributed by atoms with Crippen LogP contribution in [0.4, 0.5) is 4.79 Å². The molecule has 1 N–H and O–H groups in total. The molecule has 174 valence electrons. The van der Waals surface area contributed by atoms with Gasteiger partial charge in [-0.1, -0.05) is 93.3 Å². The summed E-state index contributed by atoms with van der Waals surface area (Å²) in [6, 6.07) is 17.5. The number of sulfone groups is 1. The second-order valence-corrected chi connectivity index (χ2v) is 9.93. The third-order valence-corrected chi connectivity index (χ3v) is 7.21. The van der Waals surface area contributed by atoms with Gasteiger partial charge >= 0.3 is 6.09 Å². The molecular formula is C26H35NO4S. The summed E-state index contributed by atoms with van der Waals surface area (Å²) in [7, 11) is -3.73. The monoisotopic (exact) mass is 457 g/mol. The van der Waals surface area contributed by atoms with Crippen molar-refractivity contribution in [2.24, 2.45) is 0 Å². The van der Waals surface area contributed by atoms with Crippen molar-refractivity contribution in [3.8, 4) is 0 Å². The fourth-order valence-electron chi connectivity index (χ4n) is 3.32. The molecular weight excluding hydrogens is 422 g/mol. The van der Waals surface area contributed by atoms with Gasteiger partial charge in [-0.05, 0) is 43.4 Å². The Kier molecular flexibility index (Phi) is 11.6. The number of benzene rings is 2. The van der Waals surface area contributed by atoms with Crippen LogP contribution in [0, 0.1) is 0 Å². The van der Waals surface area contributed by atoms with Gasteiger partial charge in [-0.3, -0.25) is 0 Å². The number of alkyl carbamates (subject to hydrolysis) is 1. The first-order chi connectivity index (χ1) is 15.5. The van der Waals surface area contributed by atoms with Gasteiger partial charge in [0.2, 0.25) is 0 Å². The maximum absolute atomic E-state index is 13.1. The van der Waals surface area contributed by atoms with E-state index in [9.17, 15) is 13.2 Å². The Hall–Kier alpha value is -2.60. The largest absolute Gasteiger partial charge is 0.445 e. The quantitative estimate of drug-likeness (QED) is 0.263. The Labute approximate surface area is 192 Å². The average Bonchev–Trinajstić information content (AvgIpc) is 2.82. The molecule has 1 unspecified atom stereocenters. The Morgan fingerprint density at radius 2 is 1.53 bits per heavy atom. The summed E-state index contributed by atoms with van der Waals surface area (Å²) in [4.78, 5) is 12.5. The van der Waals surface area contributed by atoms with Gasteiger partial charge in [0, 0.05) is 0 Å². The lowest BCUT2D eigenvalue weighted by atomic mass is 10.1. The van der Waals surface area contributed by atoms with Crippen molar-refractivity contribution in [3.05, 3.63) is 78.4 Å². The van der Waals surface area contributed by atoms with Crippen LogP contribution in [0.15, 0.2) is 77.7 Å². The molecule has 0 aliphatic heterocycles. The number of hydrogen-bond donors (Lipinski definition) is 1. The lowest BCUT2D eigenvalue weighted by molar-refractivity contribution is 0.138. The van der Waals surface area contributed by atoms with E-state index < -0.39 is 21.3 Å². The van der Waals surface area contributed by atoms with E-state index in [1.54, 1.807) is 30.3 Å². The molecule has 0 heterocycles. The molecule has 0 spiro atoms. The second-order valence-electron chi connectivity index (χ2n) is 7.80. The molecule has 0 aliphatic rings. The van der Waals surface area contributed by atoms with Gasteiger partial charge in [-0.25, -0.2) is 13.2 Å². The molecule has 0 saturated heterocycles. The molecule has 0 radical (unpaired) electrons. The van der Waals surface area contributed by atoms with Crippen LogP contribution in [-0.4, -0.2) is 19.9 Å². The normalized spacial score (nSPS) is 12.5. The summed E-state index contributed by atoms with van der Waals surface area (Å²) < 4.78 is 31.5. The van der Waals surface area contributed by atoms with Gasteiger partial charge in [-0.15, -0.1) is 0 Å². The second kappa shape index (κ2) is 14.5. The Morgan fingerprint density at radius 3 is 2.22 bits per heavy atom. The van der Waals surface area contributed by atoms with E-state index in [0.29, 0.717) is 6.42 Å². The summed E-state index contributed by atoms with van der Waals surface area (Å²) in [6.07, 6.45) is 11.3. The van der Waals surface area contributed by atoms with Crippen molar-refractivity contribution in [2.75, 3.05) is 0 Å². The van der Waals surface area contributed by atoms with E-state index >= 15 is 0 Å². The molecule has 32 heavy (non-hydrogen) atoms. The maximum atomic E-state index is 13.1. The molecule has 0 aliphatic carbocycles. The Balaban J connectivity index is 1.93. The van der Waals surface area contributed by atoms with Gasteiger partial charge < -0.3 is 10.1 Å². The van der Waals surface area contributed by atoms with Crippen molar-refractivity contribution in [2.45, 2.75) is 75.2 Å². The van der Waals surface area contributed by atoms with Crippen LogP contribution >= 0.6 is 0 Å². The Morgan fingerprint density at radius 1 is 0.906 bits per heavy atom. The van der Waals surface area contributed by atoms with Crippen LogP contribution < -0.4 is 5.32 Å². The summed E-state index contributed by atoms with van der Waals surface area (Å²) in [6.45, 7) is 2.29. The molecule has 0 aromatic heterocycles. The zero-order valence-corrected chi connectivity index (χ0v) is 19.7. The molecule has 0 saturated carbocycles. The topological polar surface area (TPSA) is 72.5 Å². The van der Waals surface area contributed by atoms with E-state index in [0.717, 1.165) is 18.4 Å². The highest BCUT2D eigenvalue weighted by Gasteiger charge is 2.28. The molecule has 5 nitrogen and oxygen atoms in total. The molecule has 2 aromatic carbocycles. The van der Waals surface area contributed by atoms with Crippen molar-refractivity contribution >= 4 is 15.9 Å². The zero-order valence-electron chi connectivity index (χ0n) is 18.9. The van der Waals surface area contributed by atoms with Gasteiger partial charge in [0.1, 0.15) is 12.0 Å². The fraction of sp³-hybridized carbons (Fsp3) is 0.423. The summed E-state index contributed by atoms with van der Waals surface area (Å²) in [5, 5.41) is 1.51. The number of rotatable bonds is 14. The van der Waals surface area contributed by atoms with Gasteiger partial charge in [0.25, 0.3) is 0 Å². The first-order valence-electron chi connectivity index (χ1n) is 11.4. The third kappa shape index (κ3) is 9.27. The SMILES string of the molecule is CCCCCCC/C=C/CCC(NC(=O)OCc1ccccc1)S(=O)(=O)c1ccccc1. The van der Waals surface area contributed by atoms with Crippen LogP contribution in [0.5, 0.6) is 0 Å². The minimum atomic E-state index is -3.73. The number of amides is 1. The fourth-order valence-corrected chi connectivity index (χ4v) is 4.89. The lowest BCUT2D eigenvalue weighted by Crippen LogP contribution is -2.41. The van der Waals surface area contributed by atoms with Crippen LogP contribution in [0.1, 0.15) is 63.9 Å². The predicted octanol–water partition coefficient (Wildman–Crippen LogP) is 6.41. The number of nitrogens with one attached hydrogen (secondary N) is 1. The van der Waals surface area contributed by atoms with E-state index in [1.165, 1.54) is 25.7 Å². The number of carbonyl (C=O) groups is 1. The minimum absolute atomic E-state index is 0.0860. The lowest BCUT2D eigenvalue weighted by Gasteiger charge is -2.19. The van der Waals surface area contributed by atoms with Crippen LogP contribution in [0.3, 0.4) is 0 Å². The predicted molar refractivity (Wildman–Crippen MR) is 129 cm³/mol. The molecule has 6 heteroatoms. The van der Waals surface area contributed by atoms with Crippen molar-refractivity contribution < 1.29 is 17.9 Å². The van der Waals surface area contributed by atoms with Crippen LogP contribution in [-0.2, 0) is 21.2 Å². The highest BCUT2D eigenvalue weighted by Crippen LogP contribution is 2.18. The van der Waals surface area contributed by atoms with E-state index in [2.05, 4.69) is 18.3 Å². The molecule has 2 aromatic rings. The number of hydrogen-bond acceptors (Lipinski definition) is 4. The zero-order chi connectivity index (χ0) is 23.1. The van der Waals surface area contributed by atoms with E-state index in [4.69, 9.17) is 4.74 Å². The minimum Gasteiger partial charge on any atom is -0.445 e. The summed E-state index contributed by atoms with van der Waals surface area (Å²) >= 11 is 0. The summed E-state index contributed by atoms with van der Waals surface area (Å²) in [5.41, 5.74) is 0.840. The van der Waals surface area contributed by atoms with Crippen molar-refractivity contribution in [3.63, 3.8) is 0 Å². The molecule has 1 atom stereocenters. The van der Waals surface area contributed by atoms with Crippen molar-refractivity contribution in [1.29, 1.82) is 0 Å². The molecule has 2 rings (SSSR count). The number of carbonyl (C=O) groups excluding carboxylic acids is 1. The van der Waals surface area contributed by atoms with Crippen molar-refractivity contribution in [1.82, 2.24) is 5.32 Å². The van der Waals surface area contributed by atoms with Crippen LogP contribution in [0.2, 0.25) is 0 Å². The maximum Gasteiger partial charge on any atom is 0.408 e. The number of ether oxygens (including phenoxy) is 1. The number of unbranched alkanes of at least 4 members (excludes halogenated alkanes) is 5. The Bertz CT molecular complexity index is 911. The van der Waals surface area contributed by atoms with E-state index in [1.807, 2.05) is 36.4 Å².